The zero-order chi connectivity index (χ0) is 13.7. The molecule has 3 aliphatic rings. The number of hydrogen-bond acceptors (Lipinski definition) is 5. The summed E-state index contributed by atoms with van der Waals surface area (Å²) in [4.78, 5) is 14.2. The Morgan fingerprint density at radius 3 is 3.00 bits per heavy atom. The predicted molar refractivity (Wildman–Crippen MR) is 79.2 cm³/mol. The Morgan fingerprint density at radius 2 is 2.15 bits per heavy atom. The number of allylic oxidation sites excluding steroid dienone is 2. The van der Waals surface area contributed by atoms with Crippen LogP contribution in [0.4, 0.5) is 11.4 Å². The Labute approximate surface area is 120 Å². The second-order valence-electron chi connectivity index (χ2n) is 4.91. The lowest BCUT2D eigenvalue weighted by Gasteiger charge is -2.31. The molecule has 0 fully saturated rings. The number of nitrogens with zero attached hydrogens (tertiary/aromatic N) is 2. The Bertz CT molecular complexity index is 742. The minimum atomic E-state index is 0.113. The van der Waals surface area contributed by atoms with Crippen LogP contribution in [-0.2, 0) is 4.79 Å². The molecule has 1 aromatic carbocycles. The quantitative estimate of drug-likeness (QED) is 0.792. The van der Waals surface area contributed by atoms with Crippen LogP contribution < -0.4 is 10.2 Å². The second kappa shape index (κ2) is 4.15. The molecule has 3 aliphatic heterocycles. The maximum Gasteiger partial charge on any atom is 0.217 e. The van der Waals surface area contributed by atoms with Gasteiger partial charge < -0.3 is 10.2 Å². The predicted octanol–water partition coefficient (Wildman–Crippen LogP) is 2.63. The molecule has 0 atom stereocenters. The van der Waals surface area contributed by atoms with E-state index in [9.17, 15) is 10.1 Å². The van der Waals surface area contributed by atoms with Crippen molar-refractivity contribution in [3.8, 4) is 6.07 Å². The Morgan fingerprint density at radius 1 is 1.30 bits per heavy atom. The van der Waals surface area contributed by atoms with Gasteiger partial charge in [0.2, 0.25) is 5.12 Å². The molecule has 0 unspecified atom stereocenters. The molecule has 0 aromatic heterocycles. The lowest BCUT2D eigenvalue weighted by Crippen LogP contribution is -2.33. The average molecular weight is 281 g/mol. The van der Waals surface area contributed by atoms with Crippen LogP contribution in [0.2, 0.25) is 0 Å². The summed E-state index contributed by atoms with van der Waals surface area (Å²) >= 11 is 1.36. The van der Waals surface area contributed by atoms with Crippen LogP contribution in [0.15, 0.2) is 46.8 Å². The molecule has 3 heterocycles. The number of benzene rings is 1. The van der Waals surface area contributed by atoms with Crippen molar-refractivity contribution < 1.29 is 4.79 Å². The molecule has 1 aromatic rings. The fraction of sp³-hybridized carbons (Fsp3) is 0.200. The van der Waals surface area contributed by atoms with Crippen LogP contribution in [0.3, 0.4) is 0 Å². The molecule has 4 nitrogen and oxygen atoms in total. The normalized spacial score (nSPS) is 20.1. The number of nitrogens with one attached hydrogen (secondary N) is 1. The number of fused-ring (bicyclic) bond motifs is 3. The van der Waals surface area contributed by atoms with Crippen molar-refractivity contribution >= 4 is 28.3 Å². The highest BCUT2D eigenvalue weighted by molar-refractivity contribution is 8.14. The fourth-order valence-corrected chi connectivity index (χ4v) is 3.81. The number of hydrogen-bond donors (Lipinski definition) is 1. The summed E-state index contributed by atoms with van der Waals surface area (Å²) in [6, 6.07) is 10.2. The molecule has 20 heavy (non-hydrogen) atoms. The number of anilines is 2. The molecule has 0 saturated carbocycles. The van der Waals surface area contributed by atoms with Crippen molar-refractivity contribution in [1.82, 2.24) is 0 Å². The van der Waals surface area contributed by atoms with E-state index in [0.717, 1.165) is 40.5 Å². The van der Waals surface area contributed by atoms with Gasteiger partial charge in [-0.2, -0.15) is 5.26 Å². The van der Waals surface area contributed by atoms with Gasteiger partial charge in [0, 0.05) is 11.3 Å². The Hall–Kier alpha value is -2.19. The highest BCUT2D eigenvalue weighted by Crippen LogP contribution is 2.44. The molecule has 0 aliphatic carbocycles. The van der Waals surface area contributed by atoms with Gasteiger partial charge in [0.1, 0.15) is 11.9 Å². The number of rotatable bonds is 0. The van der Waals surface area contributed by atoms with Gasteiger partial charge in [-0.25, -0.2) is 0 Å². The summed E-state index contributed by atoms with van der Waals surface area (Å²) in [6.45, 7) is 0.561. The van der Waals surface area contributed by atoms with Crippen molar-refractivity contribution in [2.24, 2.45) is 0 Å². The summed E-state index contributed by atoms with van der Waals surface area (Å²) in [5, 5.41) is 12.9. The standard InChI is InChI=1S/C15H11N3OS/c16-7-10-9-5-6-20-15(19)11(9)8-18-13-4-2-1-3-12(13)17-14(10)18/h1-4,17H,5-6,8H2. The van der Waals surface area contributed by atoms with Crippen molar-refractivity contribution in [2.75, 3.05) is 22.5 Å². The molecule has 1 N–H and O–H groups in total. The lowest BCUT2D eigenvalue weighted by atomic mass is 9.94. The molecule has 0 saturated heterocycles. The van der Waals surface area contributed by atoms with E-state index >= 15 is 0 Å². The number of para-hydroxylation sites is 2. The smallest absolute Gasteiger partial charge is 0.217 e. The first kappa shape index (κ1) is 11.6. The van der Waals surface area contributed by atoms with E-state index < -0.39 is 0 Å². The fourth-order valence-electron chi connectivity index (χ4n) is 2.96. The zero-order valence-corrected chi connectivity index (χ0v) is 11.5. The van der Waals surface area contributed by atoms with E-state index in [-0.39, 0.29) is 5.12 Å². The third-order valence-corrected chi connectivity index (χ3v) is 4.80. The first-order valence-electron chi connectivity index (χ1n) is 6.47. The van der Waals surface area contributed by atoms with Gasteiger partial charge in [0.05, 0.1) is 23.5 Å². The van der Waals surface area contributed by atoms with Gasteiger partial charge in [0.15, 0.2) is 0 Å². The summed E-state index contributed by atoms with van der Waals surface area (Å²) in [5.41, 5.74) is 4.37. The van der Waals surface area contributed by atoms with Crippen LogP contribution in [0.1, 0.15) is 6.42 Å². The Balaban J connectivity index is 1.91. The van der Waals surface area contributed by atoms with Gasteiger partial charge >= 0.3 is 0 Å². The van der Waals surface area contributed by atoms with Gasteiger partial charge in [0.25, 0.3) is 0 Å². The Kier molecular flexibility index (Phi) is 2.41. The molecule has 0 spiro atoms. The maximum absolute atomic E-state index is 12.1. The number of carbonyl (C=O) groups excluding carboxylic acids is 1. The minimum absolute atomic E-state index is 0.113. The third kappa shape index (κ3) is 1.46. The van der Waals surface area contributed by atoms with E-state index in [1.54, 1.807) is 0 Å². The van der Waals surface area contributed by atoms with E-state index in [1.165, 1.54) is 11.8 Å². The first-order chi connectivity index (χ1) is 9.79. The van der Waals surface area contributed by atoms with Crippen molar-refractivity contribution in [3.63, 3.8) is 0 Å². The number of nitriles is 1. The molecular weight excluding hydrogens is 270 g/mol. The minimum Gasteiger partial charge on any atom is -0.339 e. The molecule has 0 radical (unpaired) electrons. The largest absolute Gasteiger partial charge is 0.339 e. The molecule has 98 valence electrons. The summed E-state index contributed by atoms with van der Waals surface area (Å²) < 4.78 is 0. The first-order valence-corrected chi connectivity index (χ1v) is 7.45. The zero-order valence-electron chi connectivity index (χ0n) is 10.6. The molecule has 0 bridgehead atoms. The van der Waals surface area contributed by atoms with E-state index in [0.29, 0.717) is 12.1 Å². The summed E-state index contributed by atoms with van der Waals surface area (Å²) in [7, 11) is 0. The van der Waals surface area contributed by atoms with Gasteiger partial charge in [-0.1, -0.05) is 23.9 Å². The van der Waals surface area contributed by atoms with Crippen molar-refractivity contribution in [1.29, 1.82) is 5.26 Å². The third-order valence-electron chi connectivity index (χ3n) is 3.88. The second-order valence-corrected chi connectivity index (χ2v) is 5.97. The van der Waals surface area contributed by atoms with Crippen LogP contribution in [0.25, 0.3) is 0 Å². The lowest BCUT2D eigenvalue weighted by molar-refractivity contribution is -0.108. The molecular formula is C15H11N3OS. The van der Waals surface area contributed by atoms with Crippen LogP contribution in [0.5, 0.6) is 0 Å². The van der Waals surface area contributed by atoms with Gasteiger partial charge in [-0.05, 0) is 24.1 Å². The highest BCUT2D eigenvalue weighted by Gasteiger charge is 2.37. The molecule has 5 heteroatoms. The summed E-state index contributed by atoms with van der Waals surface area (Å²) in [6.07, 6.45) is 0.796. The number of carbonyl (C=O) groups is 1. The van der Waals surface area contributed by atoms with Crippen LogP contribution in [-0.4, -0.2) is 17.4 Å². The van der Waals surface area contributed by atoms with E-state index in [2.05, 4.69) is 11.4 Å². The van der Waals surface area contributed by atoms with Crippen LogP contribution in [0, 0.1) is 11.3 Å². The topological polar surface area (TPSA) is 56.1 Å². The van der Waals surface area contributed by atoms with Crippen molar-refractivity contribution in [3.05, 3.63) is 46.8 Å². The highest BCUT2D eigenvalue weighted by atomic mass is 32.2. The van der Waals surface area contributed by atoms with Crippen molar-refractivity contribution in [2.45, 2.75) is 6.42 Å². The van der Waals surface area contributed by atoms with Gasteiger partial charge in [-0.15, -0.1) is 0 Å². The van der Waals surface area contributed by atoms with Crippen LogP contribution >= 0.6 is 11.8 Å². The SMILES string of the molecule is N#CC1=C2Nc3ccccc3N2CC2=C1CCSC2=O. The number of thioether (sulfide) groups is 1. The van der Waals surface area contributed by atoms with Gasteiger partial charge in [-0.3, -0.25) is 4.79 Å². The molecule has 0 amide bonds. The average Bonchev–Trinajstić information content (AvgIpc) is 2.84. The van der Waals surface area contributed by atoms with E-state index in [4.69, 9.17) is 0 Å². The maximum atomic E-state index is 12.1. The van der Waals surface area contributed by atoms with E-state index in [1.807, 2.05) is 29.2 Å². The summed E-state index contributed by atoms with van der Waals surface area (Å²) in [5.74, 6) is 1.59. The monoisotopic (exact) mass is 281 g/mol. The molecule has 4 rings (SSSR count).